The standard InChI is InChI=1S/C25H22FNO7/c1-32-24(30)19-4-2-3-5-21(19)33-14-20(29)23-22(15-6-12-18(28)13-7-15)27(25(31)34-23)17-10-8-16(26)9-11-17/h2-13,20,22-23,28-29H,14H2,1H3. The number of ether oxygens (including phenoxy) is 3. The number of carbonyl (C=O) groups excluding carboxylic acids is 2. The van der Waals surface area contributed by atoms with E-state index in [4.69, 9.17) is 14.2 Å². The van der Waals surface area contributed by atoms with E-state index in [0.29, 0.717) is 11.3 Å². The van der Waals surface area contributed by atoms with Gasteiger partial charge in [-0.25, -0.2) is 14.0 Å². The Hall–Kier alpha value is -4.11. The molecule has 0 radical (unpaired) electrons. The number of hydrogen-bond donors (Lipinski definition) is 2. The van der Waals surface area contributed by atoms with E-state index < -0.39 is 36.1 Å². The largest absolute Gasteiger partial charge is 0.508 e. The maximum absolute atomic E-state index is 13.5. The molecule has 8 nitrogen and oxygen atoms in total. The molecule has 176 valence electrons. The Morgan fingerprint density at radius 1 is 1.09 bits per heavy atom. The van der Waals surface area contributed by atoms with E-state index in [0.717, 1.165) is 0 Å². The van der Waals surface area contributed by atoms with Crippen molar-refractivity contribution in [3.63, 3.8) is 0 Å². The molecule has 0 bridgehead atoms. The van der Waals surface area contributed by atoms with Crippen molar-refractivity contribution in [3.8, 4) is 11.5 Å². The van der Waals surface area contributed by atoms with Crippen molar-refractivity contribution in [2.45, 2.75) is 18.2 Å². The normalized spacial score (nSPS) is 18.3. The number of cyclic esters (lactones) is 1. The fraction of sp³-hybridized carbons (Fsp3) is 0.200. The minimum atomic E-state index is -1.29. The van der Waals surface area contributed by atoms with Gasteiger partial charge >= 0.3 is 12.1 Å². The minimum Gasteiger partial charge on any atom is -0.508 e. The minimum absolute atomic E-state index is 0.0298. The van der Waals surface area contributed by atoms with E-state index in [1.165, 1.54) is 54.5 Å². The first-order valence-corrected chi connectivity index (χ1v) is 10.4. The van der Waals surface area contributed by atoms with Gasteiger partial charge in [0.05, 0.1) is 7.11 Å². The fourth-order valence-corrected chi connectivity index (χ4v) is 3.81. The topological polar surface area (TPSA) is 106 Å². The molecule has 3 aromatic carbocycles. The van der Waals surface area contributed by atoms with Gasteiger partial charge in [0.25, 0.3) is 0 Å². The number of aromatic hydroxyl groups is 1. The van der Waals surface area contributed by atoms with Crippen LogP contribution in [0.15, 0.2) is 72.8 Å². The molecule has 1 fully saturated rings. The average Bonchev–Trinajstić information content (AvgIpc) is 3.20. The predicted octanol–water partition coefficient (Wildman–Crippen LogP) is 3.82. The maximum atomic E-state index is 13.5. The Labute approximate surface area is 194 Å². The van der Waals surface area contributed by atoms with Gasteiger partial charge in [-0.2, -0.15) is 0 Å². The third-order valence-corrected chi connectivity index (χ3v) is 5.44. The summed E-state index contributed by atoms with van der Waals surface area (Å²) in [5.74, 6) is -0.829. The molecule has 1 heterocycles. The van der Waals surface area contributed by atoms with Crippen LogP contribution in [0, 0.1) is 5.82 Å². The lowest BCUT2D eigenvalue weighted by molar-refractivity contribution is -0.00672. The van der Waals surface area contributed by atoms with Gasteiger partial charge in [-0.05, 0) is 54.1 Å². The summed E-state index contributed by atoms with van der Waals surface area (Å²) in [5.41, 5.74) is 1.13. The van der Waals surface area contributed by atoms with E-state index in [1.807, 2.05) is 0 Å². The van der Waals surface area contributed by atoms with Crippen LogP contribution in [0.25, 0.3) is 0 Å². The highest BCUT2D eigenvalue weighted by Crippen LogP contribution is 2.39. The fourth-order valence-electron chi connectivity index (χ4n) is 3.81. The summed E-state index contributed by atoms with van der Waals surface area (Å²) in [4.78, 5) is 26.1. The molecule has 1 saturated heterocycles. The molecule has 0 aromatic heterocycles. The Bertz CT molecular complexity index is 1170. The number of amides is 1. The van der Waals surface area contributed by atoms with Crippen LogP contribution in [-0.4, -0.2) is 48.2 Å². The van der Waals surface area contributed by atoms with Gasteiger partial charge in [0, 0.05) is 5.69 Å². The molecule has 3 aromatic rings. The highest BCUT2D eigenvalue weighted by atomic mass is 19.1. The zero-order valence-electron chi connectivity index (χ0n) is 18.1. The second kappa shape index (κ2) is 9.80. The predicted molar refractivity (Wildman–Crippen MR) is 119 cm³/mol. The molecule has 0 spiro atoms. The first-order valence-electron chi connectivity index (χ1n) is 10.4. The Morgan fingerprint density at radius 2 is 1.76 bits per heavy atom. The van der Waals surface area contributed by atoms with Crippen molar-refractivity contribution in [3.05, 3.63) is 89.7 Å². The lowest BCUT2D eigenvalue weighted by Crippen LogP contribution is -2.38. The number of phenols is 1. The van der Waals surface area contributed by atoms with E-state index >= 15 is 0 Å². The lowest BCUT2D eigenvalue weighted by atomic mass is 9.96. The van der Waals surface area contributed by atoms with Crippen molar-refractivity contribution in [2.24, 2.45) is 0 Å². The molecule has 34 heavy (non-hydrogen) atoms. The number of anilines is 1. The van der Waals surface area contributed by atoms with Crippen LogP contribution in [0.3, 0.4) is 0 Å². The number of benzene rings is 3. The van der Waals surface area contributed by atoms with Crippen LogP contribution in [-0.2, 0) is 9.47 Å². The van der Waals surface area contributed by atoms with Crippen LogP contribution in [0.1, 0.15) is 22.0 Å². The van der Waals surface area contributed by atoms with Crippen molar-refractivity contribution < 1.29 is 38.4 Å². The van der Waals surface area contributed by atoms with E-state index in [1.54, 1.807) is 30.3 Å². The maximum Gasteiger partial charge on any atom is 0.415 e. The second-order valence-electron chi connectivity index (χ2n) is 7.60. The number of aliphatic hydroxyl groups excluding tert-OH is 1. The molecule has 1 amide bonds. The molecule has 2 N–H and O–H groups in total. The highest BCUT2D eigenvalue weighted by Gasteiger charge is 2.47. The third-order valence-electron chi connectivity index (χ3n) is 5.44. The number of nitrogens with zero attached hydrogens (tertiary/aromatic N) is 1. The van der Waals surface area contributed by atoms with Gasteiger partial charge in [-0.15, -0.1) is 0 Å². The molecule has 0 saturated carbocycles. The number of phenolic OH excluding ortho intramolecular Hbond substituents is 1. The molecule has 1 aliphatic rings. The Morgan fingerprint density at radius 3 is 2.44 bits per heavy atom. The number of rotatable bonds is 7. The number of hydrogen-bond acceptors (Lipinski definition) is 7. The quantitative estimate of drug-likeness (QED) is 0.509. The summed E-state index contributed by atoms with van der Waals surface area (Å²) in [7, 11) is 1.25. The molecule has 1 aliphatic heterocycles. The number of halogens is 1. The van der Waals surface area contributed by atoms with Crippen LogP contribution >= 0.6 is 0 Å². The molecule has 0 aliphatic carbocycles. The highest BCUT2D eigenvalue weighted by molar-refractivity contribution is 5.92. The first-order chi connectivity index (χ1) is 16.4. The SMILES string of the molecule is COC(=O)c1ccccc1OCC(O)C1OC(=O)N(c2ccc(F)cc2)C1c1ccc(O)cc1. The van der Waals surface area contributed by atoms with E-state index in [-0.39, 0.29) is 23.7 Å². The molecule has 9 heteroatoms. The number of esters is 1. The zero-order valence-corrected chi connectivity index (χ0v) is 18.1. The summed E-state index contributed by atoms with van der Waals surface area (Å²) >= 11 is 0. The van der Waals surface area contributed by atoms with Gasteiger partial charge in [0.15, 0.2) is 6.10 Å². The van der Waals surface area contributed by atoms with Crippen molar-refractivity contribution in [2.75, 3.05) is 18.6 Å². The van der Waals surface area contributed by atoms with Crippen LogP contribution in [0.2, 0.25) is 0 Å². The number of aliphatic hydroxyl groups is 1. The Balaban J connectivity index is 1.62. The van der Waals surface area contributed by atoms with E-state index in [9.17, 15) is 24.2 Å². The number of methoxy groups -OCH3 is 1. The molecule has 4 rings (SSSR count). The summed E-state index contributed by atoms with van der Waals surface area (Å²) < 4.78 is 29.4. The molecular formula is C25H22FNO7. The average molecular weight is 467 g/mol. The van der Waals surface area contributed by atoms with Gasteiger partial charge < -0.3 is 24.4 Å². The van der Waals surface area contributed by atoms with Crippen LogP contribution < -0.4 is 9.64 Å². The van der Waals surface area contributed by atoms with E-state index in [2.05, 4.69) is 0 Å². The molecule has 3 unspecified atom stereocenters. The first kappa shape index (κ1) is 23.1. The summed E-state index contributed by atoms with van der Waals surface area (Å²) in [6, 6.07) is 17.0. The summed E-state index contributed by atoms with van der Waals surface area (Å²) in [6.07, 6.45) is -3.09. The van der Waals surface area contributed by atoms with Gasteiger partial charge in [-0.3, -0.25) is 4.90 Å². The number of carbonyl (C=O) groups is 2. The Kier molecular flexibility index (Phi) is 6.65. The monoisotopic (exact) mass is 467 g/mol. The summed E-state index contributed by atoms with van der Waals surface area (Å²) in [5, 5.41) is 20.6. The zero-order chi connectivity index (χ0) is 24.2. The lowest BCUT2D eigenvalue weighted by Gasteiger charge is -2.27. The second-order valence-corrected chi connectivity index (χ2v) is 7.60. The van der Waals surface area contributed by atoms with Crippen molar-refractivity contribution in [1.29, 1.82) is 0 Å². The van der Waals surface area contributed by atoms with Gasteiger partial charge in [0.1, 0.15) is 41.6 Å². The smallest absolute Gasteiger partial charge is 0.415 e. The van der Waals surface area contributed by atoms with Crippen LogP contribution in [0.4, 0.5) is 14.9 Å². The molecule has 3 atom stereocenters. The molecular weight excluding hydrogens is 445 g/mol. The van der Waals surface area contributed by atoms with Gasteiger partial charge in [0.2, 0.25) is 0 Å². The number of para-hydroxylation sites is 1. The summed E-state index contributed by atoms with van der Waals surface area (Å²) in [6.45, 7) is -0.294. The van der Waals surface area contributed by atoms with Gasteiger partial charge in [-0.1, -0.05) is 24.3 Å². The van der Waals surface area contributed by atoms with Crippen molar-refractivity contribution >= 4 is 17.7 Å². The van der Waals surface area contributed by atoms with Crippen LogP contribution in [0.5, 0.6) is 11.5 Å². The van der Waals surface area contributed by atoms with Crippen molar-refractivity contribution in [1.82, 2.24) is 0 Å². The third kappa shape index (κ3) is 4.65.